The van der Waals surface area contributed by atoms with Gasteiger partial charge in [0.25, 0.3) is 0 Å². The molecular formula is C25H36N4O4. The van der Waals surface area contributed by atoms with Crippen LogP contribution in [0, 0.1) is 0 Å². The first kappa shape index (κ1) is 23.6. The Morgan fingerprint density at radius 2 is 1.76 bits per heavy atom. The summed E-state index contributed by atoms with van der Waals surface area (Å²) >= 11 is 0. The molecule has 1 aromatic rings. The van der Waals surface area contributed by atoms with Crippen molar-refractivity contribution in [3.05, 3.63) is 41.1 Å². The predicted octanol–water partition coefficient (Wildman–Crippen LogP) is 2.82. The molecule has 0 radical (unpaired) electrons. The third kappa shape index (κ3) is 5.68. The lowest BCUT2D eigenvalue weighted by Gasteiger charge is -2.41. The number of piperidine rings is 2. The second kappa shape index (κ2) is 11.0. The van der Waals surface area contributed by atoms with E-state index < -0.39 is 12.0 Å². The molecule has 2 saturated heterocycles. The van der Waals surface area contributed by atoms with E-state index in [1.165, 1.54) is 39.5 Å². The lowest BCUT2D eigenvalue weighted by Crippen LogP contribution is -2.51. The number of esters is 1. The molecule has 3 aliphatic rings. The smallest absolute Gasteiger partial charge is 0.338 e. The molecule has 0 spiro atoms. The molecule has 0 bridgehead atoms. The van der Waals surface area contributed by atoms with E-state index in [1.54, 1.807) is 0 Å². The van der Waals surface area contributed by atoms with Crippen molar-refractivity contribution in [3.63, 3.8) is 0 Å². The Morgan fingerprint density at radius 3 is 2.39 bits per heavy atom. The van der Waals surface area contributed by atoms with Gasteiger partial charge in [0, 0.05) is 31.4 Å². The number of methoxy groups -OCH3 is 1. The lowest BCUT2D eigenvalue weighted by atomic mass is 9.94. The highest BCUT2D eigenvalue weighted by atomic mass is 16.5. The zero-order valence-corrected chi connectivity index (χ0v) is 19.8. The van der Waals surface area contributed by atoms with E-state index in [9.17, 15) is 9.59 Å². The van der Waals surface area contributed by atoms with Gasteiger partial charge >= 0.3 is 12.0 Å². The van der Waals surface area contributed by atoms with Gasteiger partial charge in [0.05, 0.1) is 25.3 Å². The predicted molar refractivity (Wildman–Crippen MR) is 126 cm³/mol. The first-order valence-electron chi connectivity index (χ1n) is 12.2. The van der Waals surface area contributed by atoms with Crippen molar-refractivity contribution in [1.82, 2.24) is 20.4 Å². The van der Waals surface area contributed by atoms with Gasteiger partial charge in [-0.25, -0.2) is 9.59 Å². The lowest BCUT2D eigenvalue weighted by molar-refractivity contribution is -0.136. The molecule has 180 valence electrons. The summed E-state index contributed by atoms with van der Waals surface area (Å²) in [7, 11) is 1.38. The molecule has 1 aromatic carbocycles. The zero-order valence-electron chi connectivity index (χ0n) is 19.8. The second-order valence-corrected chi connectivity index (χ2v) is 9.02. The van der Waals surface area contributed by atoms with Gasteiger partial charge in [-0.1, -0.05) is 18.6 Å². The number of benzene rings is 1. The Hall–Kier alpha value is -2.58. The number of nitrogens with one attached hydrogen (secondary N) is 2. The van der Waals surface area contributed by atoms with Gasteiger partial charge in [0.15, 0.2) is 0 Å². The van der Waals surface area contributed by atoms with Gasteiger partial charge in [-0.2, -0.15) is 0 Å². The number of hydrogen-bond donors (Lipinski definition) is 2. The largest absolute Gasteiger partial charge is 0.494 e. The second-order valence-electron chi connectivity index (χ2n) is 9.02. The monoisotopic (exact) mass is 456 g/mol. The highest BCUT2D eigenvalue weighted by molar-refractivity contribution is 5.95. The van der Waals surface area contributed by atoms with Crippen LogP contribution in [-0.4, -0.2) is 74.3 Å². The Balaban J connectivity index is 1.50. The van der Waals surface area contributed by atoms with E-state index in [1.807, 2.05) is 31.2 Å². The quantitative estimate of drug-likeness (QED) is 0.614. The molecule has 8 nitrogen and oxygen atoms in total. The zero-order chi connectivity index (χ0) is 23.2. The number of hydrogen-bond acceptors (Lipinski definition) is 6. The SMILES string of the molecule is CCOc1ccc([C@H]2NC(=O)NC(CN3CCC(N4CCCCC4)CC3)=C2C(=O)OC)cc1. The Morgan fingerprint density at radius 1 is 1.06 bits per heavy atom. The maximum Gasteiger partial charge on any atom is 0.338 e. The van der Waals surface area contributed by atoms with Crippen LogP contribution in [0.4, 0.5) is 4.79 Å². The number of nitrogens with zero attached hydrogens (tertiary/aromatic N) is 2. The minimum Gasteiger partial charge on any atom is -0.494 e. The van der Waals surface area contributed by atoms with E-state index in [0.29, 0.717) is 30.5 Å². The molecule has 33 heavy (non-hydrogen) atoms. The van der Waals surface area contributed by atoms with Gasteiger partial charge in [0.1, 0.15) is 5.75 Å². The number of urea groups is 1. The Kier molecular flexibility index (Phi) is 7.88. The fourth-order valence-electron chi connectivity index (χ4n) is 5.22. The highest BCUT2D eigenvalue weighted by Gasteiger charge is 2.35. The van der Waals surface area contributed by atoms with Crippen molar-refractivity contribution < 1.29 is 19.1 Å². The molecule has 4 rings (SSSR count). The number of amides is 2. The van der Waals surface area contributed by atoms with Crippen LogP contribution in [0.15, 0.2) is 35.5 Å². The van der Waals surface area contributed by atoms with Crippen molar-refractivity contribution in [2.75, 3.05) is 46.4 Å². The average Bonchev–Trinajstić information content (AvgIpc) is 2.85. The van der Waals surface area contributed by atoms with Gasteiger partial charge < -0.3 is 25.0 Å². The standard InChI is InChI=1S/C25H36N4O4/c1-3-33-20-9-7-18(8-10-20)23-22(24(30)32-2)21(26-25(31)27-23)17-28-15-11-19(12-16-28)29-13-5-4-6-14-29/h7-10,19,23H,3-6,11-17H2,1-2H3,(H2,26,27,31)/t23-/m1/s1. The minimum atomic E-state index is -0.567. The maximum atomic E-state index is 12.8. The van der Waals surface area contributed by atoms with E-state index >= 15 is 0 Å². The number of likely N-dealkylation sites (tertiary alicyclic amines) is 2. The molecule has 3 heterocycles. The first-order valence-corrected chi connectivity index (χ1v) is 12.2. The van der Waals surface area contributed by atoms with Crippen LogP contribution in [0.1, 0.15) is 50.6 Å². The average molecular weight is 457 g/mol. The molecule has 2 fully saturated rings. The number of carbonyl (C=O) groups excluding carboxylic acids is 2. The van der Waals surface area contributed by atoms with Gasteiger partial charge in [-0.3, -0.25) is 4.90 Å². The van der Waals surface area contributed by atoms with Crippen molar-refractivity contribution in [3.8, 4) is 5.75 Å². The first-order chi connectivity index (χ1) is 16.1. The molecule has 0 unspecified atom stereocenters. The maximum absolute atomic E-state index is 12.8. The van der Waals surface area contributed by atoms with Crippen LogP contribution < -0.4 is 15.4 Å². The summed E-state index contributed by atoms with van der Waals surface area (Å²) in [5.74, 6) is 0.321. The molecule has 2 N–H and O–H groups in total. The van der Waals surface area contributed by atoms with E-state index in [0.717, 1.165) is 37.2 Å². The minimum absolute atomic E-state index is 0.306. The molecule has 1 atom stereocenters. The van der Waals surface area contributed by atoms with Gasteiger partial charge in [0.2, 0.25) is 0 Å². The third-order valence-electron chi connectivity index (χ3n) is 6.93. The molecule has 0 saturated carbocycles. The van der Waals surface area contributed by atoms with Crippen LogP contribution in [0.2, 0.25) is 0 Å². The molecule has 0 aliphatic carbocycles. The van der Waals surface area contributed by atoms with Gasteiger partial charge in [-0.05, 0) is 63.4 Å². The number of carbonyl (C=O) groups is 2. The summed E-state index contributed by atoms with van der Waals surface area (Å²) in [5, 5.41) is 5.78. The molecule has 3 aliphatic heterocycles. The van der Waals surface area contributed by atoms with Crippen LogP contribution in [-0.2, 0) is 9.53 Å². The van der Waals surface area contributed by atoms with Crippen molar-refractivity contribution in [2.24, 2.45) is 0 Å². The number of ether oxygens (including phenoxy) is 2. The summed E-state index contributed by atoms with van der Waals surface area (Å²) in [6.07, 6.45) is 6.21. The highest BCUT2D eigenvalue weighted by Crippen LogP contribution is 2.30. The normalized spacial score (nSPS) is 23.1. The molecule has 2 amide bonds. The molecule has 0 aromatic heterocycles. The summed E-state index contributed by atoms with van der Waals surface area (Å²) in [4.78, 5) is 30.3. The van der Waals surface area contributed by atoms with Crippen molar-refractivity contribution >= 4 is 12.0 Å². The fraction of sp³-hybridized carbons (Fsp3) is 0.600. The topological polar surface area (TPSA) is 83.1 Å². The van der Waals surface area contributed by atoms with Gasteiger partial charge in [-0.15, -0.1) is 0 Å². The number of rotatable bonds is 7. The van der Waals surface area contributed by atoms with Crippen LogP contribution in [0.25, 0.3) is 0 Å². The fourth-order valence-corrected chi connectivity index (χ4v) is 5.22. The summed E-state index contributed by atoms with van der Waals surface area (Å²) in [6, 6.07) is 7.25. The Bertz CT molecular complexity index is 856. The Labute approximate surface area is 196 Å². The van der Waals surface area contributed by atoms with E-state index in [4.69, 9.17) is 9.47 Å². The molecular weight excluding hydrogens is 420 g/mol. The molecule has 8 heteroatoms. The van der Waals surface area contributed by atoms with Crippen molar-refractivity contribution in [1.29, 1.82) is 0 Å². The third-order valence-corrected chi connectivity index (χ3v) is 6.93. The van der Waals surface area contributed by atoms with Crippen molar-refractivity contribution in [2.45, 2.75) is 51.1 Å². The van der Waals surface area contributed by atoms with Crippen LogP contribution in [0.3, 0.4) is 0 Å². The van der Waals surface area contributed by atoms with E-state index in [-0.39, 0.29) is 6.03 Å². The van der Waals surface area contributed by atoms with Crippen LogP contribution in [0.5, 0.6) is 5.75 Å². The van der Waals surface area contributed by atoms with Crippen LogP contribution >= 0.6 is 0 Å². The summed E-state index contributed by atoms with van der Waals surface area (Å²) in [6.45, 7) is 7.38. The summed E-state index contributed by atoms with van der Waals surface area (Å²) in [5.41, 5.74) is 1.90. The summed E-state index contributed by atoms with van der Waals surface area (Å²) < 4.78 is 10.6. The van der Waals surface area contributed by atoms with E-state index in [2.05, 4.69) is 20.4 Å².